The first-order chi connectivity index (χ1) is 11.1. The fraction of sp³-hybridized carbons (Fsp3) is 0.600. The zero-order chi connectivity index (χ0) is 16.2. The number of carbonyl (C=O) groups is 1. The molecule has 0 saturated carbocycles. The molecule has 0 aromatic carbocycles. The van der Waals surface area contributed by atoms with Gasteiger partial charge in [0.1, 0.15) is 0 Å². The van der Waals surface area contributed by atoms with E-state index in [2.05, 4.69) is 34.5 Å². The standard InChI is InChI=1S/C15H21N5O2S/c1-10(2)15-17-11(9-23-15)6-16-14(21)13-8-20(19-18-13)7-12-4-3-5-22-12/h8-10,12H,3-7H2,1-2H3,(H,16,21). The van der Waals surface area contributed by atoms with Crippen LogP contribution >= 0.6 is 11.3 Å². The molecule has 0 aliphatic carbocycles. The minimum absolute atomic E-state index is 0.178. The maximum atomic E-state index is 12.1. The summed E-state index contributed by atoms with van der Waals surface area (Å²) in [4.78, 5) is 16.6. The van der Waals surface area contributed by atoms with Gasteiger partial charge in [-0.05, 0) is 12.8 Å². The zero-order valence-electron chi connectivity index (χ0n) is 13.4. The smallest absolute Gasteiger partial charge is 0.273 e. The van der Waals surface area contributed by atoms with Crippen molar-refractivity contribution in [1.29, 1.82) is 0 Å². The van der Waals surface area contributed by atoms with Crippen LogP contribution in [-0.4, -0.2) is 38.6 Å². The average molecular weight is 335 g/mol. The Labute approximate surface area is 139 Å². The molecule has 124 valence electrons. The maximum absolute atomic E-state index is 12.1. The molecule has 1 unspecified atom stereocenters. The SMILES string of the molecule is CC(C)c1nc(CNC(=O)c2cn(CC3CCCO3)nn2)cs1. The molecule has 3 rings (SSSR count). The quantitative estimate of drug-likeness (QED) is 0.873. The zero-order valence-corrected chi connectivity index (χ0v) is 14.2. The van der Waals surface area contributed by atoms with Gasteiger partial charge in [0.15, 0.2) is 5.69 Å². The van der Waals surface area contributed by atoms with E-state index in [4.69, 9.17) is 4.74 Å². The number of ether oxygens (including phenoxy) is 1. The summed E-state index contributed by atoms with van der Waals surface area (Å²) in [5.74, 6) is 0.171. The summed E-state index contributed by atoms with van der Waals surface area (Å²) in [6.45, 7) is 6.06. The number of thiazole rings is 1. The summed E-state index contributed by atoms with van der Waals surface area (Å²) in [6, 6.07) is 0. The van der Waals surface area contributed by atoms with Crippen molar-refractivity contribution in [2.75, 3.05) is 6.61 Å². The molecular weight excluding hydrogens is 314 g/mol. The summed E-state index contributed by atoms with van der Waals surface area (Å²) in [7, 11) is 0. The second-order valence-corrected chi connectivity index (χ2v) is 6.86. The Bertz CT molecular complexity index is 660. The van der Waals surface area contributed by atoms with Crippen molar-refractivity contribution in [2.45, 2.75) is 51.8 Å². The first-order valence-electron chi connectivity index (χ1n) is 7.86. The van der Waals surface area contributed by atoms with Crippen molar-refractivity contribution in [1.82, 2.24) is 25.3 Å². The van der Waals surface area contributed by atoms with Crippen LogP contribution in [0.4, 0.5) is 0 Å². The largest absolute Gasteiger partial charge is 0.376 e. The third-order valence-corrected chi connectivity index (χ3v) is 4.87. The molecule has 1 amide bonds. The molecule has 3 heterocycles. The normalized spacial score (nSPS) is 17.8. The molecule has 7 nitrogen and oxygen atoms in total. The first-order valence-corrected chi connectivity index (χ1v) is 8.74. The van der Waals surface area contributed by atoms with E-state index in [1.807, 2.05) is 5.38 Å². The Morgan fingerprint density at radius 2 is 2.43 bits per heavy atom. The molecule has 1 N–H and O–H groups in total. The Hall–Kier alpha value is -1.80. The van der Waals surface area contributed by atoms with Crippen molar-refractivity contribution in [3.8, 4) is 0 Å². The van der Waals surface area contributed by atoms with Gasteiger partial charge in [-0.1, -0.05) is 19.1 Å². The molecule has 8 heteroatoms. The van der Waals surface area contributed by atoms with Crippen LogP contribution in [0.5, 0.6) is 0 Å². The Balaban J connectivity index is 1.52. The van der Waals surface area contributed by atoms with Gasteiger partial charge in [-0.3, -0.25) is 4.79 Å². The molecule has 0 bridgehead atoms. The molecule has 2 aromatic rings. The lowest BCUT2D eigenvalue weighted by Crippen LogP contribution is -2.23. The van der Waals surface area contributed by atoms with Crippen LogP contribution in [0.2, 0.25) is 0 Å². The molecule has 23 heavy (non-hydrogen) atoms. The second-order valence-electron chi connectivity index (χ2n) is 5.98. The number of amides is 1. The third-order valence-electron chi connectivity index (χ3n) is 3.68. The van der Waals surface area contributed by atoms with Gasteiger partial charge in [-0.2, -0.15) is 0 Å². The summed E-state index contributed by atoms with van der Waals surface area (Å²) >= 11 is 1.62. The Morgan fingerprint density at radius 3 is 3.13 bits per heavy atom. The summed E-state index contributed by atoms with van der Waals surface area (Å²) in [5, 5.41) is 13.8. The van der Waals surface area contributed by atoms with E-state index in [9.17, 15) is 4.79 Å². The van der Waals surface area contributed by atoms with Crippen molar-refractivity contribution in [2.24, 2.45) is 0 Å². The van der Waals surface area contributed by atoms with Gasteiger partial charge in [0.25, 0.3) is 5.91 Å². The van der Waals surface area contributed by atoms with Crippen LogP contribution < -0.4 is 5.32 Å². The van der Waals surface area contributed by atoms with E-state index in [1.54, 1.807) is 22.2 Å². The Morgan fingerprint density at radius 1 is 1.57 bits per heavy atom. The number of nitrogens with one attached hydrogen (secondary N) is 1. The Kier molecular flexibility index (Phi) is 5.02. The van der Waals surface area contributed by atoms with Crippen LogP contribution in [0.25, 0.3) is 0 Å². The summed E-state index contributed by atoms with van der Waals surface area (Å²) in [5.41, 5.74) is 1.20. The van der Waals surface area contributed by atoms with Crippen molar-refractivity contribution < 1.29 is 9.53 Å². The van der Waals surface area contributed by atoms with Gasteiger partial charge >= 0.3 is 0 Å². The predicted octanol–water partition coefficient (Wildman–Crippen LogP) is 1.97. The molecule has 1 atom stereocenters. The van der Waals surface area contributed by atoms with Gasteiger partial charge in [-0.25, -0.2) is 9.67 Å². The predicted molar refractivity (Wildman–Crippen MR) is 86.4 cm³/mol. The van der Waals surface area contributed by atoms with Crippen molar-refractivity contribution >= 4 is 17.2 Å². The number of hydrogen-bond donors (Lipinski definition) is 1. The van der Waals surface area contributed by atoms with E-state index in [0.717, 1.165) is 30.2 Å². The van der Waals surface area contributed by atoms with Gasteiger partial charge in [0, 0.05) is 17.9 Å². The van der Waals surface area contributed by atoms with Gasteiger partial charge in [-0.15, -0.1) is 16.4 Å². The molecule has 1 saturated heterocycles. The van der Waals surface area contributed by atoms with Gasteiger partial charge in [0.2, 0.25) is 0 Å². The molecule has 1 aliphatic heterocycles. The highest BCUT2D eigenvalue weighted by Crippen LogP contribution is 2.19. The molecule has 1 fully saturated rings. The maximum Gasteiger partial charge on any atom is 0.273 e. The van der Waals surface area contributed by atoms with E-state index >= 15 is 0 Å². The van der Waals surface area contributed by atoms with Crippen LogP contribution in [0.1, 0.15) is 53.8 Å². The fourth-order valence-electron chi connectivity index (χ4n) is 2.42. The number of nitrogens with zero attached hydrogens (tertiary/aromatic N) is 4. The molecule has 0 spiro atoms. The van der Waals surface area contributed by atoms with Gasteiger partial charge in [0.05, 0.1) is 36.1 Å². The topological polar surface area (TPSA) is 81.9 Å². The molecule has 1 aliphatic rings. The average Bonchev–Trinajstić information content (AvgIpc) is 3.27. The number of hydrogen-bond acceptors (Lipinski definition) is 6. The fourth-order valence-corrected chi connectivity index (χ4v) is 3.25. The molecule has 0 radical (unpaired) electrons. The third kappa shape index (κ3) is 4.14. The van der Waals surface area contributed by atoms with Crippen LogP contribution in [-0.2, 0) is 17.8 Å². The number of carbonyl (C=O) groups excluding carboxylic acids is 1. The highest BCUT2D eigenvalue weighted by molar-refractivity contribution is 7.09. The van der Waals surface area contributed by atoms with Crippen molar-refractivity contribution in [3.05, 3.63) is 28.0 Å². The lowest BCUT2D eigenvalue weighted by Gasteiger charge is -2.07. The first kappa shape index (κ1) is 16.1. The summed E-state index contributed by atoms with van der Waals surface area (Å²) in [6.07, 6.45) is 3.96. The van der Waals surface area contributed by atoms with E-state index in [1.165, 1.54) is 0 Å². The van der Waals surface area contributed by atoms with Crippen LogP contribution in [0.15, 0.2) is 11.6 Å². The molecular formula is C15H21N5O2S. The van der Waals surface area contributed by atoms with E-state index < -0.39 is 0 Å². The second kappa shape index (κ2) is 7.18. The summed E-state index contributed by atoms with van der Waals surface area (Å²) < 4.78 is 7.23. The lowest BCUT2D eigenvalue weighted by atomic mass is 10.2. The van der Waals surface area contributed by atoms with Crippen LogP contribution in [0.3, 0.4) is 0 Å². The van der Waals surface area contributed by atoms with E-state index in [-0.39, 0.29) is 12.0 Å². The van der Waals surface area contributed by atoms with Gasteiger partial charge < -0.3 is 10.1 Å². The number of aromatic nitrogens is 4. The lowest BCUT2D eigenvalue weighted by molar-refractivity contribution is 0.0929. The minimum Gasteiger partial charge on any atom is -0.376 e. The number of rotatable bonds is 6. The van der Waals surface area contributed by atoms with E-state index in [0.29, 0.717) is 24.7 Å². The van der Waals surface area contributed by atoms with Crippen LogP contribution in [0, 0.1) is 0 Å². The highest BCUT2D eigenvalue weighted by Gasteiger charge is 2.18. The highest BCUT2D eigenvalue weighted by atomic mass is 32.1. The monoisotopic (exact) mass is 335 g/mol. The molecule has 2 aromatic heterocycles. The minimum atomic E-state index is -0.234. The van der Waals surface area contributed by atoms with Crippen molar-refractivity contribution in [3.63, 3.8) is 0 Å².